The fourth-order valence-corrected chi connectivity index (χ4v) is 5.59. The van der Waals surface area contributed by atoms with Gasteiger partial charge in [-0.2, -0.15) is 0 Å². The molecule has 3 rings (SSSR count). The average molecular weight is 630 g/mol. The number of aryl methyl sites for hydroxylation is 1. The van der Waals surface area contributed by atoms with E-state index in [2.05, 4.69) is 73.8 Å². The molecule has 0 aliphatic carbocycles. The molecule has 0 radical (unpaired) electrons. The van der Waals surface area contributed by atoms with E-state index in [1.54, 1.807) is 18.2 Å². The fraction of sp³-hybridized carbons (Fsp3) is 0.500. The van der Waals surface area contributed by atoms with Crippen molar-refractivity contribution in [3.8, 4) is 0 Å². The molecule has 2 atom stereocenters. The Balaban J connectivity index is 1.84. The van der Waals surface area contributed by atoms with Crippen LogP contribution in [-0.2, 0) is 16.0 Å². The van der Waals surface area contributed by atoms with Gasteiger partial charge in [-0.25, -0.2) is 9.79 Å². The van der Waals surface area contributed by atoms with Crippen molar-refractivity contribution in [2.75, 3.05) is 52.7 Å². The van der Waals surface area contributed by atoms with Crippen LogP contribution >= 0.6 is 0 Å². The van der Waals surface area contributed by atoms with Crippen molar-refractivity contribution < 1.29 is 14.3 Å². The number of rotatable bonds is 13. The summed E-state index contributed by atoms with van der Waals surface area (Å²) in [7, 11) is 7.65. The molecular weight excluding hydrogens is 574 g/mol. The number of likely N-dealkylation sites (N-methyl/N-ethyl adjacent to an activating group) is 1. The van der Waals surface area contributed by atoms with Gasteiger partial charge in [0.1, 0.15) is 11.4 Å². The maximum Gasteiger partial charge on any atom is 0.410 e. The van der Waals surface area contributed by atoms with E-state index in [1.807, 2.05) is 62.9 Å². The lowest BCUT2D eigenvalue weighted by Gasteiger charge is -2.26. The summed E-state index contributed by atoms with van der Waals surface area (Å²) in [5.74, 6) is 1.02. The van der Waals surface area contributed by atoms with Crippen molar-refractivity contribution in [3.63, 3.8) is 0 Å². The highest BCUT2D eigenvalue weighted by Gasteiger charge is 2.30. The molecule has 0 fully saturated rings. The summed E-state index contributed by atoms with van der Waals surface area (Å²) in [6.07, 6.45) is 4.89. The number of aliphatic imine (C=N–C) groups is 1. The Morgan fingerprint density at radius 3 is 2.39 bits per heavy atom. The van der Waals surface area contributed by atoms with Gasteiger partial charge in [0, 0.05) is 65.4 Å². The molecule has 0 spiro atoms. The Bertz CT molecular complexity index is 1390. The number of hydrogen-bond acceptors (Lipinski definition) is 6. The Morgan fingerprint density at radius 2 is 1.76 bits per heavy atom. The van der Waals surface area contributed by atoms with Gasteiger partial charge >= 0.3 is 6.09 Å². The molecule has 8 heteroatoms. The van der Waals surface area contributed by atoms with Gasteiger partial charge in [-0.3, -0.25) is 4.79 Å². The van der Waals surface area contributed by atoms with Crippen LogP contribution in [-0.4, -0.2) is 86.3 Å². The lowest BCUT2D eigenvalue weighted by Crippen LogP contribution is -2.35. The quantitative estimate of drug-likeness (QED) is 0.217. The van der Waals surface area contributed by atoms with Gasteiger partial charge in [0.25, 0.3) is 5.91 Å². The first-order valence-electron chi connectivity index (χ1n) is 16.5. The molecule has 1 heterocycles. The van der Waals surface area contributed by atoms with E-state index < -0.39 is 5.60 Å². The van der Waals surface area contributed by atoms with Crippen LogP contribution < -0.4 is 4.90 Å². The lowest BCUT2D eigenvalue weighted by molar-refractivity contribution is -0.114. The first-order chi connectivity index (χ1) is 21.7. The van der Waals surface area contributed by atoms with Crippen LogP contribution in [0.3, 0.4) is 0 Å². The molecule has 0 aromatic heterocycles. The molecule has 0 bridgehead atoms. The summed E-state index contributed by atoms with van der Waals surface area (Å²) in [5, 5.41) is 0. The fourth-order valence-electron chi connectivity index (χ4n) is 5.59. The number of allylic oxidation sites excluding steroid dienone is 1. The number of amides is 2. The van der Waals surface area contributed by atoms with Crippen molar-refractivity contribution in [2.24, 2.45) is 10.9 Å². The number of carbonyl (C=O) groups is 2. The maximum absolute atomic E-state index is 14.2. The number of benzene rings is 2. The molecule has 2 amide bonds. The van der Waals surface area contributed by atoms with E-state index in [1.165, 1.54) is 11.1 Å². The molecule has 2 aromatic carbocycles. The summed E-state index contributed by atoms with van der Waals surface area (Å²) in [6.45, 7) is 15.9. The molecule has 250 valence electrons. The van der Waals surface area contributed by atoms with Gasteiger partial charge in [0.05, 0.1) is 5.57 Å². The second-order valence-corrected chi connectivity index (χ2v) is 13.6. The van der Waals surface area contributed by atoms with Crippen LogP contribution in [0.15, 0.2) is 83.3 Å². The Labute approximate surface area is 277 Å². The molecule has 2 unspecified atom stereocenters. The standard InChI is InChI=1S/C38H55N5O3/c1-11-28(2)35-34(27-39-29(3)40(7)8)36(44)43(25-24-41(35)9)33-19-15-16-30(26-33)20-21-32(31-17-13-12-14-18-31)22-23-42(10)37(45)46-38(4,5)6/h12-19,26-28,32H,3,11,20-25H2,1-2,4-10H3/b39-27-. The van der Waals surface area contributed by atoms with Gasteiger partial charge in [0.2, 0.25) is 0 Å². The zero-order valence-electron chi connectivity index (χ0n) is 29.5. The molecule has 1 aliphatic rings. The minimum Gasteiger partial charge on any atom is -0.444 e. The summed E-state index contributed by atoms with van der Waals surface area (Å²) in [4.78, 5) is 39.0. The number of anilines is 1. The highest BCUT2D eigenvalue weighted by atomic mass is 16.6. The summed E-state index contributed by atoms with van der Waals surface area (Å²) in [5.41, 5.74) is 4.42. The van der Waals surface area contributed by atoms with Crippen LogP contribution in [0, 0.1) is 5.92 Å². The second-order valence-electron chi connectivity index (χ2n) is 13.6. The van der Waals surface area contributed by atoms with E-state index in [9.17, 15) is 9.59 Å². The van der Waals surface area contributed by atoms with Crippen molar-refractivity contribution in [1.29, 1.82) is 0 Å². The summed E-state index contributed by atoms with van der Waals surface area (Å²) in [6, 6.07) is 18.8. The minimum atomic E-state index is -0.528. The van der Waals surface area contributed by atoms with Gasteiger partial charge in [-0.05, 0) is 81.5 Å². The van der Waals surface area contributed by atoms with Gasteiger partial charge in [-0.1, -0.05) is 62.9 Å². The number of hydrogen-bond donors (Lipinski definition) is 0. The largest absolute Gasteiger partial charge is 0.444 e. The second kappa shape index (κ2) is 16.5. The Kier molecular flexibility index (Phi) is 13.0. The first-order valence-corrected chi connectivity index (χ1v) is 16.5. The summed E-state index contributed by atoms with van der Waals surface area (Å²) >= 11 is 0. The molecule has 46 heavy (non-hydrogen) atoms. The van der Waals surface area contributed by atoms with Crippen LogP contribution in [0.4, 0.5) is 10.5 Å². The van der Waals surface area contributed by atoms with Crippen molar-refractivity contribution in [3.05, 3.63) is 89.4 Å². The van der Waals surface area contributed by atoms with E-state index in [-0.39, 0.29) is 23.8 Å². The molecule has 8 nitrogen and oxygen atoms in total. The smallest absolute Gasteiger partial charge is 0.410 e. The monoisotopic (exact) mass is 629 g/mol. The van der Waals surface area contributed by atoms with Crippen molar-refractivity contribution in [2.45, 2.75) is 71.8 Å². The van der Waals surface area contributed by atoms with Crippen LogP contribution in [0.25, 0.3) is 0 Å². The number of ether oxygens (including phenoxy) is 1. The highest BCUT2D eigenvalue weighted by Crippen LogP contribution is 2.30. The molecule has 2 aromatic rings. The number of nitrogens with zero attached hydrogens (tertiary/aromatic N) is 5. The topological polar surface area (TPSA) is 68.7 Å². The molecular formula is C38H55N5O3. The first kappa shape index (κ1) is 36.4. The van der Waals surface area contributed by atoms with Gasteiger partial charge in [-0.15, -0.1) is 0 Å². The van der Waals surface area contributed by atoms with E-state index in [4.69, 9.17) is 4.74 Å². The summed E-state index contributed by atoms with van der Waals surface area (Å²) < 4.78 is 5.57. The van der Waals surface area contributed by atoms with E-state index in [0.29, 0.717) is 24.5 Å². The zero-order valence-corrected chi connectivity index (χ0v) is 29.5. The molecule has 0 N–H and O–H groups in total. The van der Waals surface area contributed by atoms with E-state index in [0.717, 1.165) is 43.6 Å². The number of carbonyl (C=O) groups excluding carboxylic acids is 2. The van der Waals surface area contributed by atoms with Crippen LogP contribution in [0.5, 0.6) is 0 Å². The predicted molar refractivity (Wildman–Crippen MR) is 190 cm³/mol. The third-order valence-electron chi connectivity index (χ3n) is 8.55. The maximum atomic E-state index is 14.2. The molecule has 1 aliphatic heterocycles. The third-order valence-corrected chi connectivity index (χ3v) is 8.55. The minimum absolute atomic E-state index is 0.0422. The normalized spacial score (nSPS) is 15.5. The Morgan fingerprint density at radius 1 is 1.07 bits per heavy atom. The zero-order chi connectivity index (χ0) is 34.0. The lowest BCUT2D eigenvalue weighted by atomic mass is 9.89. The van der Waals surface area contributed by atoms with Crippen molar-refractivity contribution in [1.82, 2.24) is 14.7 Å². The van der Waals surface area contributed by atoms with E-state index >= 15 is 0 Å². The highest BCUT2D eigenvalue weighted by molar-refractivity contribution is 6.19. The third kappa shape index (κ3) is 10.2. The Hall–Kier alpha value is -4.07. The molecule has 0 saturated carbocycles. The SMILES string of the molecule is C=C(/N=C\C1=C(C(C)CC)N(C)CCN(c2cccc(CCC(CCN(C)C(=O)OC(C)(C)C)c3ccccc3)c2)C1=O)N(C)C. The van der Waals surface area contributed by atoms with Gasteiger partial charge in [0.15, 0.2) is 0 Å². The van der Waals surface area contributed by atoms with Crippen molar-refractivity contribution >= 4 is 23.9 Å². The average Bonchev–Trinajstić information content (AvgIpc) is 3.14. The predicted octanol–water partition coefficient (Wildman–Crippen LogP) is 7.34. The van der Waals surface area contributed by atoms with Gasteiger partial charge < -0.3 is 24.3 Å². The molecule has 0 saturated heterocycles. The van der Waals surface area contributed by atoms with Crippen LogP contribution in [0.2, 0.25) is 0 Å². The van der Waals surface area contributed by atoms with Crippen LogP contribution in [0.1, 0.15) is 70.9 Å².